The van der Waals surface area contributed by atoms with Crippen LogP contribution in [0.3, 0.4) is 0 Å². The molecular weight excluding hydrogens is 472 g/mol. The summed E-state index contributed by atoms with van der Waals surface area (Å²) >= 11 is 0. The van der Waals surface area contributed by atoms with Gasteiger partial charge in [0, 0.05) is 11.6 Å². The van der Waals surface area contributed by atoms with Crippen LogP contribution in [0, 0.1) is 11.6 Å². The van der Waals surface area contributed by atoms with Crippen LogP contribution in [0.15, 0.2) is 54.6 Å². The fraction of sp³-hybridized carbons (Fsp3) is 0.346. The second kappa shape index (κ2) is 11.8. The van der Waals surface area contributed by atoms with E-state index in [9.17, 15) is 23.5 Å². The number of benzene rings is 2. The minimum Gasteiger partial charge on any atom is -0.476 e. The van der Waals surface area contributed by atoms with E-state index in [1.54, 1.807) is 0 Å². The van der Waals surface area contributed by atoms with Gasteiger partial charge in [-0.15, -0.1) is 0 Å². The third-order valence-electron chi connectivity index (χ3n) is 5.99. The topological polar surface area (TPSA) is 103 Å². The quantitative estimate of drug-likeness (QED) is 0.436. The first-order valence-corrected chi connectivity index (χ1v) is 11.7. The lowest BCUT2D eigenvalue weighted by atomic mass is 9.92. The van der Waals surface area contributed by atoms with Gasteiger partial charge in [0.15, 0.2) is 5.69 Å². The fourth-order valence-electron chi connectivity index (χ4n) is 4.17. The van der Waals surface area contributed by atoms with Gasteiger partial charge in [0.25, 0.3) is 0 Å². The third-order valence-corrected chi connectivity index (χ3v) is 5.99. The lowest BCUT2D eigenvalue weighted by Gasteiger charge is -2.32. The maximum atomic E-state index is 13.9. The number of amides is 1. The Morgan fingerprint density at radius 2 is 1.83 bits per heavy atom. The molecule has 8 nitrogen and oxygen atoms in total. The Balaban J connectivity index is 1.40. The highest BCUT2D eigenvalue weighted by Crippen LogP contribution is 2.23. The average Bonchev–Trinajstić information content (AvgIpc) is 3.27. The molecule has 1 aromatic heterocycles. The highest BCUT2D eigenvalue weighted by Gasteiger charge is 2.28. The van der Waals surface area contributed by atoms with E-state index < -0.39 is 23.5 Å². The third kappa shape index (κ3) is 6.66. The summed E-state index contributed by atoms with van der Waals surface area (Å²) < 4.78 is 40.1. The molecule has 2 atom stereocenters. The Kier molecular flexibility index (Phi) is 8.27. The zero-order valence-electron chi connectivity index (χ0n) is 19.5. The van der Waals surface area contributed by atoms with E-state index in [-0.39, 0.29) is 42.4 Å². The van der Waals surface area contributed by atoms with Crippen LogP contribution < -0.4 is 10.1 Å². The summed E-state index contributed by atoms with van der Waals surface area (Å²) in [5.74, 6) is -3.05. The van der Waals surface area contributed by atoms with Gasteiger partial charge in [-0.05, 0) is 36.6 Å². The molecule has 2 aromatic carbocycles. The van der Waals surface area contributed by atoms with Crippen molar-refractivity contribution in [2.75, 3.05) is 0 Å². The van der Waals surface area contributed by atoms with Crippen molar-refractivity contribution in [3.05, 3.63) is 83.1 Å². The number of hydrogen-bond acceptors (Lipinski definition) is 5. The molecule has 1 fully saturated rings. The number of nitrogens with zero attached hydrogens (tertiary/aromatic N) is 2. The summed E-state index contributed by atoms with van der Waals surface area (Å²) in [4.78, 5) is 24.3. The average molecular weight is 500 g/mol. The first-order valence-electron chi connectivity index (χ1n) is 11.7. The normalized spacial score (nSPS) is 17.5. The summed E-state index contributed by atoms with van der Waals surface area (Å²) in [7, 11) is 0. The Morgan fingerprint density at radius 1 is 1.06 bits per heavy atom. The number of carbonyl (C=O) groups excluding carboxylic acids is 1. The molecule has 0 bridgehead atoms. The molecule has 0 aliphatic heterocycles. The van der Waals surface area contributed by atoms with Crippen LogP contribution in [0.4, 0.5) is 8.78 Å². The molecule has 0 unspecified atom stereocenters. The van der Waals surface area contributed by atoms with E-state index in [1.807, 2.05) is 30.3 Å². The molecule has 190 valence electrons. The lowest BCUT2D eigenvalue weighted by molar-refractivity contribution is -0.124. The molecule has 36 heavy (non-hydrogen) atoms. The molecule has 1 aliphatic carbocycles. The molecule has 10 heteroatoms. The van der Waals surface area contributed by atoms with Gasteiger partial charge in [-0.2, -0.15) is 5.10 Å². The number of rotatable bonds is 10. The zero-order chi connectivity index (χ0) is 25.5. The fourth-order valence-corrected chi connectivity index (χ4v) is 4.17. The summed E-state index contributed by atoms with van der Waals surface area (Å²) in [6.07, 6.45) is 3.38. The molecule has 0 spiro atoms. The largest absolute Gasteiger partial charge is 0.476 e. The van der Waals surface area contributed by atoms with Crippen LogP contribution in [-0.4, -0.2) is 38.9 Å². The SMILES string of the molecule is O=C(Cn1nc(C(=O)O)cc1OCc1cc(F)ccc1F)N[C@H]1CCCC[C@@H]1OCc1ccccc1. The van der Waals surface area contributed by atoms with Crippen LogP contribution in [0.25, 0.3) is 0 Å². The number of ether oxygens (including phenoxy) is 2. The Bertz CT molecular complexity index is 1200. The van der Waals surface area contributed by atoms with Crippen LogP contribution >= 0.6 is 0 Å². The van der Waals surface area contributed by atoms with Crippen LogP contribution in [0.5, 0.6) is 5.88 Å². The van der Waals surface area contributed by atoms with Crippen LogP contribution in [-0.2, 0) is 29.3 Å². The van der Waals surface area contributed by atoms with E-state index in [0.29, 0.717) is 6.61 Å². The van der Waals surface area contributed by atoms with E-state index in [0.717, 1.165) is 60.2 Å². The number of aromatic carboxylic acids is 1. The van der Waals surface area contributed by atoms with Crippen LogP contribution in [0.1, 0.15) is 47.3 Å². The van der Waals surface area contributed by atoms with Crippen molar-refractivity contribution >= 4 is 11.9 Å². The Morgan fingerprint density at radius 3 is 2.61 bits per heavy atom. The van der Waals surface area contributed by atoms with E-state index >= 15 is 0 Å². The number of hydrogen-bond donors (Lipinski definition) is 2. The van der Waals surface area contributed by atoms with E-state index in [1.165, 1.54) is 0 Å². The predicted octanol–water partition coefficient (Wildman–Crippen LogP) is 4.08. The number of aromatic nitrogens is 2. The number of halogens is 2. The second-order valence-corrected chi connectivity index (χ2v) is 8.65. The number of carboxylic acids is 1. The first-order chi connectivity index (χ1) is 17.4. The van der Waals surface area contributed by atoms with Crippen molar-refractivity contribution in [3.8, 4) is 5.88 Å². The maximum Gasteiger partial charge on any atom is 0.356 e. The molecular formula is C26H27F2N3O5. The van der Waals surface area contributed by atoms with Crippen molar-refractivity contribution in [2.45, 2.75) is 57.6 Å². The second-order valence-electron chi connectivity index (χ2n) is 8.65. The van der Waals surface area contributed by atoms with E-state index in [4.69, 9.17) is 9.47 Å². The van der Waals surface area contributed by atoms with Gasteiger partial charge in [0.2, 0.25) is 11.8 Å². The Hall–Kier alpha value is -3.79. The molecule has 3 aromatic rings. The monoisotopic (exact) mass is 499 g/mol. The van der Waals surface area contributed by atoms with Gasteiger partial charge in [0.05, 0.1) is 18.8 Å². The Labute approximate surface area is 206 Å². The lowest BCUT2D eigenvalue weighted by Crippen LogP contribution is -2.47. The zero-order valence-corrected chi connectivity index (χ0v) is 19.5. The molecule has 1 heterocycles. The summed E-state index contributed by atoms with van der Waals surface area (Å²) in [6, 6.07) is 13.7. The standard InChI is InChI=1S/C26H27F2N3O5/c27-19-10-11-20(28)18(12-19)16-36-25-13-22(26(33)34)30-31(25)14-24(32)29-21-8-4-5-9-23(21)35-15-17-6-2-1-3-7-17/h1-3,6-7,10-13,21,23H,4-5,8-9,14-16H2,(H,29,32)(H,33,34)/t21-,23-/m0/s1. The summed E-state index contributed by atoms with van der Waals surface area (Å²) in [6.45, 7) is -0.238. The highest BCUT2D eigenvalue weighted by molar-refractivity contribution is 5.85. The van der Waals surface area contributed by atoms with Gasteiger partial charge >= 0.3 is 5.97 Å². The molecule has 1 amide bonds. The van der Waals surface area contributed by atoms with Crippen molar-refractivity contribution in [3.63, 3.8) is 0 Å². The van der Waals surface area contributed by atoms with Gasteiger partial charge in [-0.25, -0.2) is 18.3 Å². The summed E-state index contributed by atoms with van der Waals surface area (Å²) in [5.41, 5.74) is 0.659. The predicted molar refractivity (Wildman–Crippen MR) is 125 cm³/mol. The molecule has 0 radical (unpaired) electrons. The minimum atomic E-state index is -1.31. The highest BCUT2D eigenvalue weighted by atomic mass is 19.1. The van der Waals surface area contributed by atoms with Crippen molar-refractivity contribution < 1.29 is 33.0 Å². The van der Waals surface area contributed by atoms with Gasteiger partial charge < -0.3 is 19.9 Å². The first kappa shape index (κ1) is 25.3. The number of carboxylic acid groups (broad SMARTS) is 1. The van der Waals surface area contributed by atoms with Crippen molar-refractivity contribution in [1.82, 2.24) is 15.1 Å². The smallest absolute Gasteiger partial charge is 0.356 e. The van der Waals surface area contributed by atoms with Crippen LogP contribution in [0.2, 0.25) is 0 Å². The number of carbonyl (C=O) groups is 2. The molecule has 1 aliphatic rings. The maximum absolute atomic E-state index is 13.9. The molecule has 1 saturated carbocycles. The van der Waals surface area contributed by atoms with Gasteiger partial charge in [-0.3, -0.25) is 4.79 Å². The van der Waals surface area contributed by atoms with Gasteiger partial charge in [0.1, 0.15) is 24.8 Å². The van der Waals surface area contributed by atoms with Crippen molar-refractivity contribution in [1.29, 1.82) is 0 Å². The van der Waals surface area contributed by atoms with E-state index in [2.05, 4.69) is 10.4 Å². The molecule has 0 saturated heterocycles. The summed E-state index contributed by atoms with van der Waals surface area (Å²) in [5, 5.41) is 16.2. The number of nitrogens with one attached hydrogen (secondary N) is 1. The van der Waals surface area contributed by atoms with Gasteiger partial charge in [-0.1, -0.05) is 43.2 Å². The van der Waals surface area contributed by atoms with Crippen molar-refractivity contribution in [2.24, 2.45) is 0 Å². The molecule has 2 N–H and O–H groups in total. The molecule has 4 rings (SSSR count). The minimum absolute atomic E-state index is 0.0493.